The molecule has 1 aromatic carbocycles. The standard InChI is InChI=1S/C22H20Cl2N2O5S/c1-3-25-19(27)12-26-20(11-21(28)30-4-2)32-18(22(26)29)10-14-6-8-17(31-14)15-9-13(23)5-7-16(15)24/h5-11H,3-4,12H2,1-2H3,(H,25,27)/b18-10+,20-11-. The van der Waals surface area contributed by atoms with Gasteiger partial charge in [0.1, 0.15) is 22.7 Å². The van der Waals surface area contributed by atoms with Crippen LogP contribution in [-0.4, -0.2) is 29.6 Å². The number of likely N-dealkylation sites (N-methyl/N-ethyl adjacent to an activating group) is 1. The second-order valence-corrected chi connectivity index (χ2v) is 8.42. The Morgan fingerprint density at radius 1 is 1.22 bits per heavy atom. The number of amides is 1. The molecule has 1 N–H and O–H groups in total. The van der Waals surface area contributed by atoms with E-state index in [1.165, 1.54) is 10.6 Å². The molecule has 32 heavy (non-hydrogen) atoms. The summed E-state index contributed by atoms with van der Waals surface area (Å²) < 4.78 is 12.6. The van der Waals surface area contributed by atoms with E-state index in [4.69, 9.17) is 32.4 Å². The quantitative estimate of drug-likeness (QED) is 0.510. The van der Waals surface area contributed by atoms with Crippen LogP contribution in [0.5, 0.6) is 0 Å². The zero-order valence-electron chi connectivity index (χ0n) is 17.3. The van der Waals surface area contributed by atoms with Crippen LogP contribution in [0.2, 0.25) is 10.0 Å². The third-order valence-electron chi connectivity index (χ3n) is 4.23. The molecule has 0 saturated heterocycles. The number of rotatable bonds is 7. The van der Waals surface area contributed by atoms with Crippen LogP contribution in [0.3, 0.4) is 0 Å². The number of thiazole rings is 1. The molecular formula is C22H20Cl2N2O5S. The van der Waals surface area contributed by atoms with E-state index in [1.807, 2.05) is 0 Å². The lowest BCUT2D eigenvalue weighted by atomic mass is 10.2. The van der Waals surface area contributed by atoms with Gasteiger partial charge in [0.05, 0.1) is 22.2 Å². The van der Waals surface area contributed by atoms with Gasteiger partial charge in [0, 0.05) is 23.2 Å². The van der Waals surface area contributed by atoms with E-state index >= 15 is 0 Å². The van der Waals surface area contributed by atoms with Gasteiger partial charge in [0.25, 0.3) is 5.56 Å². The summed E-state index contributed by atoms with van der Waals surface area (Å²) in [5.41, 5.74) is 0.200. The zero-order chi connectivity index (χ0) is 23.3. The second kappa shape index (κ2) is 10.7. The fourth-order valence-corrected chi connectivity index (χ4v) is 4.26. The summed E-state index contributed by atoms with van der Waals surface area (Å²) in [6.07, 6.45) is 2.75. The lowest BCUT2D eigenvalue weighted by Crippen LogP contribution is -2.38. The molecule has 0 saturated carbocycles. The molecule has 10 heteroatoms. The van der Waals surface area contributed by atoms with E-state index in [1.54, 1.807) is 50.3 Å². The zero-order valence-corrected chi connectivity index (χ0v) is 19.6. The van der Waals surface area contributed by atoms with Gasteiger partial charge in [-0.05, 0) is 44.2 Å². The molecule has 0 unspecified atom stereocenters. The fraction of sp³-hybridized carbons (Fsp3) is 0.227. The van der Waals surface area contributed by atoms with Crippen molar-refractivity contribution in [3.63, 3.8) is 0 Å². The highest BCUT2D eigenvalue weighted by Crippen LogP contribution is 2.31. The van der Waals surface area contributed by atoms with Gasteiger partial charge in [-0.2, -0.15) is 0 Å². The van der Waals surface area contributed by atoms with Crippen LogP contribution in [0, 0.1) is 0 Å². The summed E-state index contributed by atoms with van der Waals surface area (Å²) >= 11 is 13.3. The minimum absolute atomic E-state index is 0.196. The first-order chi connectivity index (χ1) is 15.3. The van der Waals surface area contributed by atoms with E-state index in [0.29, 0.717) is 42.9 Å². The van der Waals surface area contributed by atoms with Crippen LogP contribution >= 0.6 is 34.5 Å². The average Bonchev–Trinajstić information content (AvgIpc) is 3.31. The van der Waals surface area contributed by atoms with Crippen molar-refractivity contribution in [3.8, 4) is 11.3 Å². The Bertz CT molecular complexity index is 1320. The molecule has 0 fully saturated rings. The SMILES string of the molecule is CCNC(=O)Cn1c(=O)/c(=C\c2ccc(-c3cc(Cl)ccc3Cl)o2)s/c1=C\C(=O)OCC. The first-order valence-corrected chi connectivity index (χ1v) is 11.3. The number of esters is 1. The Morgan fingerprint density at radius 2 is 2.00 bits per heavy atom. The van der Waals surface area contributed by atoms with Crippen LogP contribution in [0.25, 0.3) is 23.5 Å². The van der Waals surface area contributed by atoms with Gasteiger partial charge >= 0.3 is 5.97 Å². The molecule has 0 aliphatic carbocycles. The highest BCUT2D eigenvalue weighted by molar-refractivity contribution is 7.07. The first kappa shape index (κ1) is 23.8. The van der Waals surface area contributed by atoms with Gasteiger partial charge in [0.15, 0.2) is 0 Å². The highest BCUT2D eigenvalue weighted by atomic mass is 35.5. The fourth-order valence-electron chi connectivity index (χ4n) is 2.86. The predicted molar refractivity (Wildman–Crippen MR) is 125 cm³/mol. The second-order valence-electron chi connectivity index (χ2n) is 6.52. The number of carbonyl (C=O) groups is 2. The van der Waals surface area contributed by atoms with Crippen molar-refractivity contribution in [2.75, 3.05) is 13.2 Å². The maximum Gasteiger partial charge on any atom is 0.333 e. The van der Waals surface area contributed by atoms with Crippen molar-refractivity contribution in [2.45, 2.75) is 20.4 Å². The first-order valence-electron chi connectivity index (χ1n) is 9.74. The molecule has 7 nitrogen and oxygen atoms in total. The molecule has 0 aliphatic heterocycles. The van der Waals surface area contributed by atoms with Crippen molar-refractivity contribution in [1.29, 1.82) is 0 Å². The van der Waals surface area contributed by atoms with Gasteiger partial charge in [-0.15, -0.1) is 11.3 Å². The number of furan rings is 1. The molecule has 0 aliphatic rings. The molecule has 0 atom stereocenters. The number of benzene rings is 1. The summed E-state index contributed by atoms with van der Waals surface area (Å²) in [5, 5.41) is 3.63. The van der Waals surface area contributed by atoms with Crippen molar-refractivity contribution < 1.29 is 18.7 Å². The molecule has 1 amide bonds. The number of halogens is 2. The normalized spacial score (nSPS) is 12.2. The minimum Gasteiger partial charge on any atom is -0.463 e. The van der Waals surface area contributed by atoms with Gasteiger partial charge in [-0.25, -0.2) is 4.79 Å². The van der Waals surface area contributed by atoms with Gasteiger partial charge < -0.3 is 14.5 Å². The number of aromatic nitrogens is 1. The maximum atomic E-state index is 13.0. The van der Waals surface area contributed by atoms with Crippen LogP contribution in [0.4, 0.5) is 0 Å². The van der Waals surface area contributed by atoms with Crippen LogP contribution in [0.15, 0.2) is 39.5 Å². The molecule has 3 aromatic rings. The lowest BCUT2D eigenvalue weighted by molar-refractivity contribution is -0.135. The van der Waals surface area contributed by atoms with E-state index in [-0.39, 0.29) is 19.1 Å². The Hall–Kier alpha value is -2.81. The van der Waals surface area contributed by atoms with Crippen molar-refractivity contribution >= 4 is 58.6 Å². The number of nitrogens with zero attached hydrogens (tertiary/aromatic N) is 1. The number of hydrogen-bond acceptors (Lipinski definition) is 6. The molecular weight excluding hydrogens is 475 g/mol. The van der Waals surface area contributed by atoms with Crippen LogP contribution in [-0.2, 0) is 20.9 Å². The topological polar surface area (TPSA) is 90.5 Å². The van der Waals surface area contributed by atoms with E-state index in [2.05, 4.69) is 5.32 Å². The van der Waals surface area contributed by atoms with Crippen molar-refractivity contribution in [3.05, 3.63) is 65.7 Å². The molecule has 2 heterocycles. The lowest BCUT2D eigenvalue weighted by Gasteiger charge is -2.02. The van der Waals surface area contributed by atoms with Crippen LogP contribution in [0.1, 0.15) is 19.6 Å². The smallest absolute Gasteiger partial charge is 0.333 e. The largest absolute Gasteiger partial charge is 0.463 e. The summed E-state index contributed by atoms with van der Waals surface area (Å²) in [7, 11) is 0. The minimum atomic E-state index is -0.596. The summed E-state index contributed by atoms with van der Waals surface area (Å²) in [4.78, 5) is 37.0. The van der Waals surface area contributed by atoms with Gasteiger partial charge in [-0.1, -0.05) is 23.2 Å². The van der Waals surface area contributed by atoms with Crippen molar-refractivity contribution in [2.24, 2.45) is 0 Å². The number of nitrogens with one attached hydrogen (secondary N) is 1. The third kappa shape index (κ3) is 5.70. The van der Waals surface area contributed by atoms with Crippen molar-refractivity contribution in [1.82, 2.24) is 9.88 Å². The van der Waals surface area contributed by atoms with Crippen LogP contribution < -0.4 is 20.1 Å². The Labute approximate surface area is 197 Å². The molecule has 0 radical (unpaired) electrons. The Kier molecular flexibility index (Phi) is 7.95. The molecule has 2 aromatic heterocycles. The number of hydrogen-bond donors (Lipinski definition) is 1. The molecule has 0 bridgehead atoms. The summed E-state index contributed by atoms with van der Waals surface area (Å²) in [6.45, 7) is 3.86. The van der Waals surface area contributed by atoms with Gasteiger partial charge in [0.2, 0.25) is 5.91 Å². The Morgan fingerprint density at radius 3 is 2.72 bits per heavy atom. The summed E-state index contributed by atoms with van der Waals surface area (Å²) in [6, 6.07) is 8.43. The molecule has 168 valence electrons. The number of carbonyl (C=O) groups excluding carboxylic acids is 2. The predicted octanol–water partition coefficient (Wildman–Crippen LogP) is 2.79. The van der Waals surface area contributed by atoms with E-state index in [0.717, 1.165) is 11.3 Å². The maximum absolute atomic E-state index is 13.0. The highest BCUT2D eigenvalue weighted by Gasteiger charge is 2.12. The molecule has 0 spiro atoms. The molecule has 3 rings (SSSR count). The summed E-state index contributed by atoms with van der Waals surface area (Å²) in [5.74, 6) is -0.0438. The van der Waals surface area contributed by atoms with Gasteiger partial charge in [-0.3, -0.25) is 14.2 Å². The average molecular weight is 495 g/mol. The van der Waals surface area contributed by atoms with E-state index in [9.17, 15) is 14.4 Å². The monoisotopic (exact) mass is 494 g/mol. The number of ether oxygens (including phenoxy) is 1. The third-order valence-corrected chi connectivity index (χ3v) is 5.86. The van der Waals surface area contributed by atoms with E-state index < -0.39 is 11.5 Å². The Balaban J connectivity index is 2.06.